The van der Waals surface area contributed by atoms with E-state index in [0.717, 1.165) is 99.6 Å². The highest BCUT2D eigenvalue weighted by molar-refractivity contribution is 6.25. The molecule has 11 aromatic carbocycles. The molecule has 71 heavy (non-hydrogen) atoms. The van der Waals surface area contributed by atoms with E-state index in [-0.39, 0.29) is 0 Å². The largest absolute Gasteiger partial charge is 0.456 e. The number of para-hydroxylation sites is 3. The van der Waals surface area contributed by atoms with Gasteiger partial charge in [-0.2, -0.15) is 0 Å². The lowest BCUT2D eigenvalue weighted by Crippen LogP contribution is -2.28. The topological polar surface area (TPSA) is 42.7 Å². The van der Waals surface area contributed by atoms with Gasteiger partial charge in [0.25, 0.3) is 0 Å². The SMILES string of the molecule is c1ccc(-c2ccc(N(c3ccc4oc5c(-c6cccc7c6-c6ccccc6C7(c6ccccc6)c6ccccc6)c6c(cc5c4c3)oc3ccccc36)c3cccc4c3oc3ccccc34)cc2)cc1. The highest BCUT2D eigenvalue weighted by Gasteiger charge is 2.47. The maximum Gasteiger partial charge on any atom is 0.159 e. The molecule has 0 spiro atoms. The van der Waals surface area contributed by atoms with Crippen LogP contribution in [0.4, 0.5) is 17.1 Å². The lowest BCUT2D eigenvalue weighted by Gasteiger charge is -2.34. The molecule has 3 heterocycles. The molecule has 3 aromatic heterocycles. The molecule has 4 nitrogen and oxygen atoms in total. The summed E-state index contributed by atoms with van der Waals surface area (Å²) in [5.74, 6) is 0. The molecule has 0 saturated carbocycles. The predicted molar refractivity (Wildman–Crippen MR) is 291 cm³/mol. The van der Waals surface area contributed by atoms with E-state index in [9.17, 15) is 0 Å². The van der Waals surface area contributed by atoms with Crippen LogP contribution in [0.25, 0.3) is 99.2 Å². The van der Waals surface area contributed by atoms with Gasteiger partial charge in [-0.25, -0.2) is 0 Å². The Morgan fingerprint density at radius 1 is 0.310 bits per heavy atom. The van der Waals surface area contributed by atoms with Crippen LogP contribution >= 0.6 is 0 Å². The van der Waals surface area contributed by atoms with Crippen molar-refractivity contribution in [1.82, 2.24) is 0 Å². The van der Waals surface area contributed by atoms with E-state index >= 15 is 0 Å². The molecule has 4 heteroatoms. The zero-order valence-corrected chi connectivity index (χ0v) is 38.3. The smallest absolute Gasteiger partial charge is 0.159 e. The van der Waals surface area contributed by atoms with Gasteiger partial charge in [0.15, 0.2) is 5.58 Å². The van der Waals surface area contributed by atoms with Gasteiger partial charge >= 0.3 is 0 Å². The van der Waals surface area contributed by atoms with Gasteiger partial charge in [0.1, 0.15) is 27.9 Å². The second-order valence-corrected chi connectivity index (χ2v) is 18.6. The number of benzene rings is 11. The summed E-state index contributed by atoms with van der Waals surface area (Å²) in [6, 6.07) is 89.0. The third-order valence-electron chi connectivity index (χ3n) is 15.0. The fourth-order valence-corrected chi connectivity index (χ4v) is 12.0. The molecule has 0 atom stereocenters. The van der Waals surface area contributed by atoms with Crippen LogP contribution < -0.4 is 4.90 Å². The van der Waals surface area contributed by atoms with Gasteiger partial charge in [0, 0.05) is 49.3 Å². The number of anilines is 3. The Labute approximate surface area is 408 Å². The Morgan fingerprint density at radius 3 is 1.65 bits per heavy atom. The molecule has 332 valence electrons. The van der Waals surface area contributed by atoms with Crippen molar-refractivity contribution in [3.63, 3.8) is 0 Å². The summed E-state index contributed by atoms with van der Waals surface area (Å²) in [5, 5.41) is 6.20. The number of fused-ring (bicyclic) bond motifs is 12. The molecular formula is C67H41NO3. The molecule has 0 N–H and O–H groups in total. The first kappa shape index (κ1) is 39.6. The number of hydrogen-bond acceptors (Lipinski definition) is 4. The maximum atomic E-state index is 7.28. The second kappa shape index (κ2) is 15.3. The van der Waals surface area contributed by atoms with Gasteiger partial charge in [-0.3, -0.25) is 0 Å². The molecule has 0 amide bonds. The highest BCUT2D eigenvalue weighted by Crippen LogP contribution is 2.60. The lowest BCUT2D eigenvalue weighted by molar-refractivity contribution is 0.664. The van der Waals surface area contributed by atoms with Crippen LogP contribution in [-0.4, -0.2) is 0 Å². The van der Waals surface area contributed by atoms with E-state index in [2.05, 4.69) is 235 Å². The number of rotatable bonds is 7. The van der Waals surface area contributed by atoms with Crippen molar-refractivity contribution in [1.29, 1.82) is 0 Å². The van der Waals surface area contributed by atoms with Crippen LogP contribution in [0.1, 0.15) is 22.3 Å². The number of furan rings is 3. The van der Waals surface area contributed by atoms with E-state index in [1.54, 1.807) is 0 Å². The summed E-state index contributed by atoms with van der Waals surface area (Å²) in [4.78, 5) is 2.31. The van der Waals surface area contributed by atoms with E-state index in [1.807, 2.05) is 18.2 Å². The van der Waals surface area contributed by atoms with Crippen molar-refractivity contribution in [2.75, 3.05) is 4.90 Å². The summed E-state index contributed by atoms with van der Waals surface area (Å²) in [6.45, 7) is 0. The normalized spacial score (nSPS) is 12.9. The summed E-state index contributed by atoms with van der Waals surface area (Å²) in [5.41, 5.74) is 19.0. The molecule has 14 aromatic rings. The van der Waals surface area contributed by atoms with Gasteiger partial charge in [0.2, 0.25) is 0 Å². The van der Waals surface area contributed by atoms with Crippen molar-refractivity contribution < 1.29 is 13.3 Å². The number of nitrogens with zero attached hydrogens (tertiary/aromatic N) is 1. The maximum absolute atomic E-state index is 7.28. The molecule has 1 aliphatic carbocycles. The first-order valence-electron chi connectivity index (χ1n) is 24.2. The lowest BCUT2D eigenvalue weighted by atomic mass is 9.67. The predicted octanol–water partition coefficient (Wildman–Crippen LogP) is 18.6. The monoisotopic (exact) mass is 907 g/mol. The van der Waals surface area contributed by atoms with Crippen LogP contribution in [0.3, 0.4) is 0 Å². The minimum Gasteiger partial charge on any atom is -0.456 e. The van der Waals surface area contributed by atoms with Gasteiger partial charge in [-0.05, 0) is 105 Å². The Morgan fingerprint density at radius 2 is 0.873 bits per heavy atom. The number of hydrogen-bond donors (Lipinski definition) is 0. The summed E-state index contributed by atoms with van der Waals surface area (Å²) in [6.07, 6.45) is 0. The average Bonchev–Trinajstić information content (AvgIpc) is 4.20. The third kappa shape index (κ3) is 5.73. The Bertz CT molecular complexity index is 4350. The Hall–Kier alpha value is -9.38. The molecule has 0 fully saturated rings. The minimum absolute atomic E-state index is 0.565. The fraction of sp³-hybridized carbons (Fsp3) is 0.0149. The van der Waals surface area contributed by atoms with Crippen LogP contribution in [0.15, 0.2) is 262 Å². The highest BCUT2D eigenvalue weighted by atomic mass is 16.3. The van der Waals surface area contributed by atoms with Crippen molar-refractivity contribution in [2.24, 2.45) is 0 Å². The van der Waals surface area contributed by atoms with Crippen molar-refractivity contribution >= 4 is 82.9 Å². The van der Waals surface area contributed by atoms with Crippen molar-refractivity contribution in [3.8, 4) is 33.4 Å². The first-order valence-corrected chi connectivity index (χ1v) is 24.2. The molecule has 0 unspecified atom stereocenters. The molecule has 0 bridgehead atoms. The summed E-state index contributed by atoms with van der Waals surface area (Å²) < 4.78 is 20.9. The van der Waals surface area contributed by atoms with Gasteiger partial charge in [-0.15, -0.1) is 0 Å². The van der Waals surface area contributed by atoms with Gasteiger partial charge < -0.3 is 18.2 Å². The van der Waals surface area contributed by atoms with E-state index in [0.29, 0.717) is 0 Å². The van der Waals surface area contributed by atoms with Gasteiger partial charge in [-0.1, -0.05) is 194 Å². The van der Waals surface area contributed by atoms with Crippen LogP contribution in [0.2, 0.25) is 0 Å². The molecular weight excluding hydrogens is 867 g/mol. The fourth-order valence-electron chi connectivity index (χ4n) is 12.0. The standard InChI is InChI=1S/C67H41NO3/c1-4-18-42(19-5-1)43-34-36-46(37-35-43)68(57-31-17-27-49-48-24-11-14-32-58(48)70-65(49)57)47-38-39-60-53(40-47)54-41-61-63(51-26-12-15-33-59(51)69-61)64(66(54)71-60)52-28-16-30-56-62(52)50-25-10-13-29-55(50)67(56,44-20-6-2-7-21-44)45-22-8-3-9-23-45/h1-41H. The van der Waals surface area contributed by atoms with Crippen LogP contribution in [0, 0.1) is 0 Å². The zero-order valence-electron chi connectivity index (χ0n) is 38.3. The third-order valence-corrected chi connectivity index (χ3v) is 15.0. The molecule has 15 rings (SSSR count). The first-order chi connectivity index (χ1) is 35.2. The minimum atomic E-state index is -0.565. The average molecular weight is 908 g/mol. The van der Waals surface area contributed by atoms with Gasteiger partial charge in [0.05, 0.1) is 11.1 Å². The molecule has 1 aliphatic rings. The zero-order chi connectivity index (χ0) is 46.6. The van der Waals surface area contributed by atoms with E-state index in [1.165, 1.54) is 38.9 Å². The molecule has 0 aliphatic heterocycles. The van der Waals surface area contributed by atoms with E-state index in [4.69, 9.17) is 13.3 Å². The van der Waals surface area contributed by atoms with Crippen molar-refractivity contribution in [2.45, 2.75) is 5.41 Å². The molecule has 0 radical (unpaired) electrons. The van der Waals surface area contributed by atoms with Crippen LogP contribution in [-0.2, 0) is 5.41 Å². The van der Waals surface area contributed by atoms with Crippen molar-refractivity contribution in [3.05, 3.63) is 271 Å². The summed E-state index contributed by atoms with van der Waals surface area (Å²) >= 11 is 0. The van der Waals surface area contributed by atoms with E-state index < -0.39 is 5.41 Å². The second-order valence-electron chi connectivity index (χ2n) is 18.6. The quantitative estimate of drug-likeness (QED) is 0.160. The Kier molecular flexibility index (Phi) is 8.54. The summed E-state index contributed by atoms with van der Waals surface area (Å²) in [7, 11) is 0. The van der Waals surface area contributed by atoms with Crippen LogP contribution in [0.5, 0.6) is 0 Å². The molecule has 0 saturated heterocycles. The Balaban J connectivity index is 1.01.